The summed E-state index contributed by atoms with van der Waals surface area (Å²) in [5.74, 6) is 0.418. The Hall–Kier alpha value is -1.84. The number of carbonyl (C=O) groups is 1. The largest absolute Gasteiger partial charge is 0.328 e. The van der Waals surface area contributed by atoms with Crippen molar-refractivity contribution in [1.82, 2.24) is 9.55 Å². The Balaban J connectivity index is 2.21. The molecule has 19 heavy (non-hydrogen) atoms. The van der Waals surface area contributed by atoms with Crippen LogP contribution in [0.2, 0.25) is 0 Å². The first-order valence-electron chi connectivity index (χ1n) is 6.74. The van der Waals surface area contributed by atoms with E-state index in [1.54, 1.807) is 0 Å². The number of aromatic nitrogens is 2. The molecule has 1 aromatic heterocycles. The van der Waals surface area contributed by atoms with Gasteiger partial charge in [-0.2, -0.15) is 0 Å². The number of imidazole rings is 1. The van der Waals surface area contributed by atoms with Crippen LogP contribution in [0.5, 0.6) is 0 Å². The summed E-state index contributed by atoms with van der Waals surface area (Å²) in [6.45, 7) is 8.32. The zero-order valence-electron chi connectivity index (χ0n) is 12.0. The van der Waals surface area contributed by atoms with E-state index in [4.69, 9.17) is 0 Å². The molecule has 2 aromatic rings. The van der Waals surface area contributed by atoms with Gasteiger partial charge in [0.2, 0.25) is 5.91 Å². The van der Waals surface area contributed by atoms with Gasteiger partial charge < -0.3 is 9.88 Å². The molecule has 4 heteroatoms. The second-order valence-electron chi connectivity index (χ2n) is 5.60. The molecule has 0 radical (unpaired) electrons. The smallest absolute Gasteiger partial charge is 0.224 e. The molecule has 4 nitrogen and oxygen atoms in total. The molecule has 1 amide bonds. The number of nitrogens with one attached hydrogen (secondary N) is 1. The van der Waals surface area contributed by atoms with Crippen LogP contribution in [0.1, 0.15) is 40.2 Å². The van der Waals surface area contributed by atoms with Gasteiger partial charge >= 0.3 is 0 Å². The third-order valence-electron chi connectivity index (χ3n) is 3.01. The summed E-state index contributed by atoms with van der Waals surface area (Å²) >= 11 is 0. The highest BCUT2D eigenvalue weighted by Gasteiger charge is 2.08. The number of hydrogen-bond donors (Lipinski definition) is 1. The summed E-state index contributed by atoms with van der Waals surface area (Å²) in [7, 11) is 0. The average Bonchev–Trinajstić information content (AvgIpc) is 2.70. The van der Waals surface area contributed by atoms with E-state index in [9.17, 15) is 4.79 Å². The maximum atomic E-state index is 11.7. The molecule has 0 unspecified atom stereocenters. The SMILES string of the molecule is CC(C)CC(=O)Nc1ccc2c(c1)ncn2C(C)C. The summed E-state index contributed by atoms with van der Waals surface area (Å²) in [6, 6.07) is 6.24. The molecule has 102 valence electrons. The van der Waals surface area contributed by atoms with Crippen molar-refractivity contribution in [1.29, 1.82) is 0 Å². The number of rotatable bonds is 4. The monoisotopic (exact) mass is 259 g/mol. The zero-order valence-corrected chi connectivity index (χ0v) is 12.0. The number of hydrogen-bond acceptors (Lipinski definition) is 2. The van der Waals surface area contributed by atoms with E-state index in [-0.39, 0.29) is 5.91 Å². The van der Waals surface area contributed by atoms with Gasteiger partial charge in [0.15, 0.2) is 0 Å². The van der Waals surface area contributed by atoms with Gasteiger partial charge in [-0.15, -0.1) is 0 Å². The van der Waals surface area contributed by atoms with Crippen LogP contribution in [0.15, 0.2) is 24.5 Å². The maximum Gasteiger partial charge on any atom is 0.224 e. The highest BCUT2D eigenvalue weighted by atomic mass is 16.1. The van der Waals surface area contributed by atoms with Crippen molar-refractivity contribution >= 4 is 22.6 Å². The summed E-state index contributed by atoms with van der Waals surface area (Å²) < 4.78 is 2.12. The minimum Gasteiger partial charge on any atom is -0.328 e. The molecule has 1 heterocycles. The molecule has 0 fully saturated rings. The van der Waals surface area contributed by atoms with Gasteiger partial charge in [-0.05, 0) is 38.0 Å². The average molecular weight is 259 g/mol. The fourth-order valence-electron chi connectivity index (χ4n) is 2.10. The molecule has 0 saturated carbocycles. The Labute approximate surface area is 113 Å². The second kappa shape index (κ2) is 5.43. The van der Waals surface area contributed by atoms with Gasteiger partial charge in [-0.3, -0.25) is 4.79 Å². The van der Waals surface area contributed by atoms with Crippen molar-refractivity contribution in [3.8, 4) is 0 Å². The predicted octanol–water partition coefficient (Wildman–Crippen LogP) is 3.60. The van der Waals surface area contributed by atoms with Crippen LogP contribution in [0.4, 0.5) is 5.69 Å². The second-order valence-corrected chi connectivity index (χ2v) is 5.60. The lowest BCUT2D eigenvalue weighted by atomic mass is 10.1. The van der Waals surface area contributed by atoms with Crippen LogP contribution < -0.4 is 5.32 Å². The third-order valence-corrected chi connectivity index (χ3v) is 3.01. The van der Waals surface area contributed by atoms with Crippen LogP contribution in [0, 0.1) is 5.92 Å². The molecule has 2 rings (SSSR count). The van der Waals surface area contributed by atoms with E-state index in [1.165, 1.54) is 0 Å². The van der Waals surface area contributed by atoms with E-state index >= 15 is 0 Å². The predicted molar refractivity (Wildman–Crippen MR) is 78.2 cm³/mol. The maximum absolute atomic E-state index is 11.7. The van der Waals surface area contributed by atoms with Gasteiger partial charge in [0.05, 0.1) is 17.4 Å². The standard InChI is InChI=1S/C15H21N3O/c1-10(2)7-15(19)17-12-5-6-14-13(8-12)16-9-18(14)11(3)4/h5-6,8-11H,7H2,1-4H3,(H,17,19). The highest BCUT2D eigenvalue weighted by molar-refractivity contribution is 5.93. The van der Waals surface area contributed by atoms with Crippen LogP contribution >= 0.6 is 0 Å². The summed E-state index contributed by atoms with van der Waals surface area (Å²) in [6.07, 6.45) is 2.38. The quantitative estimate of drug-likeness (QED) is 0.911. The Morgan fingerprint density at radius 2 is 2.05 bits per heavy atom. The van der Waals surface area contributed by atoms with Gasteiger partial charge in [0, 0.05) is 18.2 Å². The van der Waals surface area contributed by atoms with Crippen LogP contribution in [-0.2, 0) is 4.79 Å². The van der Waals surface area contributed by atoms with E-state index in [0.717, 1.165) is 16.7 Å². The van der Waals surface area contributed by atoms with Crippen LogP contribution in [0.3, 0.4) is 0 Å². The number of carbonyl (C=O) groups excluding carboxylic acids is 1. The summed E-state index contributed by atoms with van der Waals surface area (Å²) in [4.78, 5) is 16.1. The Bertz CT molecular complexity index is 584. The van der Waals surface area contributed by atoms with Crippen molar-refractivity contribution in [3.05, 3.63) is 24.5 Å². The van der Waals surface area contributed by atoms with Crippen molar-refractivity contribution in [2.45, 2.75) is 40.2 Å². The molecule has 0 atom stereocenters. The molecule has 0 bridgehead atoms. The molecule has 1 N–H and O–H groups in total. The van der Waals surface area contributed by atoms with Crippen molar-refractivity contribution in [2.24, 2.45) is 5.92 Å². The Kier molecular flexibility index (Phi) is 3.88. The van der Waals surface area contributed by atoms with Crippen LogP contribution in [0.25, 0.3) is 11.0 Å². The van der Waals surface area contributed by atoms with E-state index in [0.29, 0.717) is 18.4 Å². The number of fused-ring (bicyclic) bond motifs is 1. The first kappa shape index (κ1) is 13.6. The van der Waals surface area contributed by atoms with Gasteiger partial charge in [0.1, 0.15) is 0 Å². The number of benzene rings is 1. The summed E-state index contributed by atoms with van der Waals surface area (Å²) in [5, 5.41) is 2.92. The number of anilines is 1. The number of amides is 1. The van der Waals surface area contributed by atoms with Gasteiger partial charge in [-0.1, -0.05) is 13.8 Å². The van der Waals surface area contributed by atoms with Crippen molar-refractivity contribution < 1.29 is 4.79 Å². The molecule has 1 aromatic carbocycles. The fourth-order valence-corrected chi connectivity index (χ4v) is 2.10. The molecule has 0 aliphatic heterocycles. The lowest BCUT2D eigenvalue weighted by Gasteiger charge is -2.09. The summed E-state index contributed by atoms with van der Waals surface area (Å²) in [5.41, 5.74) is 2.82. The molecule has 0 aliphatic carbocycles. The van der Waals surface area contributed by atoms with Crippen LogP contribution in [-0.4, -0.2) is 15.5 Å². The fraction of sp³-hybridized carbons (Fsp3) is 0.467. The zero-order chi connectivity index (χ0) is 14.0. The first-order valence-corrected chi connectivity index (χ1v) is 6.74. The highest BCUT2D eigenvalue weighted by Crippen LogP contribution is 2.21. The lowest BCUT2D eigenvalue weighted by Crippen LogP contribution is -2.13. The molecule has 0 saturated heterocycles. The van der Waals surface area contributed by atoms with Crippen molar-refractivity contribution in [3.63, 3.8) is 0 Å². The van der Waals surface area contributed by atoms with Crippen molar-refractivity contribution in [2.75, 3.05) is 5.32 Å². The number of nitrogens with zero attached hydrogens (tertiary/aromatic N) is 2. The topological polar surface area (TPSA) is 46.9 Å². The first-order chi connectivity index (χ1) is 8.97. The Morgan fingerprint density at radius 3 is 2.68 bits per heavy atom. The molecule has 0 spiro atoms. The Morgan fingerprint density at radius 1 is 1.32 bits per heavy atom. The lowest BCUT2D eigenvalue weighted by molar-refractivity contribution is -0.116. The van der Waals surface area contributed by atoms with E-state index in [2.05, 4.69) is 28.7 Å². The van der Waals surface area contributed by atoms with E-state index in [1.807, 2.05) is 38.4 Å². The third kappa shape index (κ3) is 3.13. The van der Waals surface area contributed by atoms with Gasteiger partial charge in [-0.25, -0.2) is 4.98 Å². The van der Waals surface area contributed by atoms with Gasteiger partial charge in [0.25, 0.3) is 0 Å². The minimum atomic E-state index is 0.0534. The molecular weight excluding hydrogens is 238 g/mol. The minimum absolute atomic E-state index is 0.0534. The van der Waals surface area contributed by atoms with E-state index < -0.39 is 0 Å². The normalized spacial score (nSPS) is 11.5. The molecular formula is C15H21N3O. The molecule has 0 aliphatic rings.